The van der Waals surface area contributed by atoms with Crippen molar-refractivity contribution in [2.75, 3.05) is 0 Å². The molecule has 21 heavy (non-hydrogen) atoms. The van der Waals surface area contributed by atoms with Crippen LogP contribution in [0.15, 0.2) is 30.3 Å². The molecule has 0 heterocycles. The van der Waals surface area contributed by atoms with Crippen molar-refractivity contribution in [2.45, 2.75) is 6.36 Å². The van der Waals surface area contributed by atoms with Gasteiger partial charge in [-0.25, -0.2) is 4.39 Å². The summed E-state index contributed by atoms with van der Waals surface area (Å²) >= 11 is 0. The molecule has 0 spiro atoms. The fraction of sp³-hybridized carbons (Fsp3) is 0.0769. The minimum Gasteiger partial charge on any atom is -0.504 e. The zero-order chi connectivity index (χ0) is 15.8. The molecule has 8 heteroatoms. The van der Waals surface area contributed by atoms with E-state index in [2.05, 4.69) is 4.74 Å². The van der Waals surface area contributed by atoms with Gasteiger partial charge in [0.2, 0.25) is 17.4 Å². The van der Waals surface area contributed by atoms with E-state index in [1.165, 1.54) is 30.3 Å². The van der Waals surface area contributed by atoms with Gasteiger partial charge in [0.1, 0.15) is 0 Å². The first-order valence-corrected chi connectivity index (χ1v) is 5.43. The zero-order valence-electron chi connectivity index (χ0n) is 10.0. The van der Waals surface area contributed by atoms with E-state index >= 15 is 0 Å². The molecule has 0 aliphatic rings. The van der Waals surface area contributed by atoms with Gasteiger partial charge in [-0.05, 0) is 5.56 Å². The van der Waals surface area contributed by atoms with Gasteiger partial charge in [0.15, 0.2) is 11.6 Å². The van der Waals surface area contributed by atoms with E-state index < -0.39 is 40.9 Å². The van der Waals surface area contributed by atoms with E-state index in [-0.39, 0.29) is 5.56 Å². The Morgan fingerprint density at radius 3 is 1.95 bits per heavy atom. The standard InChI is InChI=1S/C13H6F6O2/c14-8-7(6-4-2-1-3-5-6)11(20)10(16)12(9(8)15)21-13(17,18)19/h1-5,20H. The van der Waals surface area contributed by atoms with Gasteiger partial charge >= 0.3 is 6.36 Å². The summed E-state index contributed by atoms with van der Waals surface area (Å²) in [5, 5.41) is 9.50. The number of phenols is 1. The molecule has 0 radical (unpaired) electrons. The molecule has 2 rings (SSSR count). The second-order valence-corrected chi connectivity index (χ2v) is 3.91. The van der Waals surface area contributed by atoms with Crippen LogP contribution in [0.2, 0.25) is 0 Å². The molecule has 0 bridgehead atoms. The molecule has 2 aromatic rings. The van der Waals surface area contributed by atoms with Crippen LogP contribution in [0.3, 0.4) is 0 Å². The Bertz CT molecular complexity index is 638. The van der Waals surface area contributed by atoms with Crippen LogP contribution in [0.1, 0.15) is 0 Å². The first-order chi connectivity index (χ1) is 9.72. The molecule has 0 saturated heterocycles. The van der Waals surface area contributed by atoms with Crippen LogP contribution in [-0.4, -0.2) is 11.5 Å². The molecule has 1 N–H and O–H groups in total. The fourth-order valence-electron chi connectivity index (χ4n) is 1.70. The summed E-state index contributed by atoms with van der Waals surface area (Å²) in [6.07, 6.45) is -5.44. The number of benzene rings is 2. The molecule has 2 nitrogen and oxygen atoms in total. The van der Waals surface area contributed by atoms with Crippen LogP contribution in [0, 0.1) is 17.5 Å². The Labute approximate surface area is 114 Å². The lowest BCUT2D eigenvalue weighted by atomic mass is 10.0. The van der Waals surface area contributed by atoms with Gasteiger partial charge in [-0.3, -0.25) is 0 Å². The van der Waals surface area contributed by atoms with Crippen molar-refractivity contribution in [1.29, 1.82) is 0 Å². The number of ether oxygens (including phenoxy) is 1. The maximum atomic E-state index is 13.8. The molecule has 0 saturated carbocycles. The average molecular weight is 308 g/mol. The first-order valence-electron chi connectivity index (χ1n) is 5.43. The van der Waals surface area contributed by atoms with E-state index in [9.17, 15) is 31.4 Å². The van der Waals surface area contributed by atoms with Gasteiger partial charge in [0.25, 0.3) is 0 Å². The number of halogens is 6. The zero-order valence-corrected chi connectivity index (χ0v) is 10.0. The summed E-state index contributed by atoms with van der Waals surface area (Å²) in [4.78, 5) is 0. The third kappa shape index (κ3) is 2.88. The molecule has 2 aromatic carbocycles. The number of phenolic OH excluding ortho intramolecular Hbond substituents is 1. The van der Waals surface area contributed by atoms with E-state index in [1.54, 1.807) is 0 Å². The van der Waals surface area contributed by atoms with Crippen molar-refractivity contribution in [3.63, 3.8) is 0 Å². The fourth-order valence-corrected chi connectivity index (χ4v) is 1.70. The number of alkyl halides is 3. The van der Waals surface area contributed by atoms with Crippen LogP contribution >= 0.6 is 0 Å². The van der Waals surface area contributed by atoms with Crippen molar-refractivity contribution < 1.29 is 36.2 Å². The Kier molecular flexibility index (Phi) is 3.71. The van der Waals surface area contributed by atoms with Gasteiger partial charge in [-0.2, -0.15) is 8.78 Å². The van der Waals surface area contributed by atoms with Crippen LogP contribution in [-0.2, 0) is 0 Å². The van der Waals surface area contributed by atoms with Gasteiger partial charge in [-0.1, -0.05) is 30.3 Å². The minimum absolute atomic E-state index is 0.108. The van der Waals surface area contributed by atoms with Gasteiger partial charge in [0.05, 0.1) is 5.56 Å². The van der Waals surface area contributed by atoms with E-state index in [1.807, 2.05) is 0 Å². The Balaban J connectivity index is 2.67. The highest BCUT2D eigenvalue weighted by atomic mass is 19.4. The summed E-state index contributed by atoms with van der Waals surface area (Å²) in [5.41, 5.74) is -0.996. The molecule has 0 aromatic heterocycles. The number of rotatable bonds is 2. The smallest absolute Gasteiger partial charge is 0.504 e. The van der Waals surface area contributed by atoms with Crippen molar-refractivity contribution in [3.05, 3.63) is 47.8 Å². The third-order valence-corrected chi connectivity index (χ3v) is 2.54. The van der Waals surface area contributed by atoms with Crippen molar-refractivity contribution in [1.82, 2.24) is 0 Å². The largest absolute Gasteiger partial charge is 0.573 e. The molecular weight excluding hydrogens is 302 g/mol. The summed E-state index contributed by atoms with van der Waals surface area (Å²) in [7, 11) is 0. The highest BCUT2D eigenvalue weighted by molar-refractivity contribution is 5.72. The van der Waals surface area contributed by atoms with Crippen molar-refractivity contribution >= 4 is 0 Å². The molecular formula is C13H6F6O2. The normalized spacial score (nSPS) is 11.5. The molecule has 0 amide bonds. The number of hydrogen-bond donors (Lipinski definition) is 1. The second-order valence-electron chi connectivity index (χ2n) is 3.91. The first kappa shape index (κ1) is 15.0. The summed E-state index contributed by atoms with van der Waals surface area (Å²) in [6.45, 7) is 0. The average Bonchev–Trinajstić information content (AvgIpc) is 2.42. The van der Waals surface area contributed by atoms with E-state index in [0.29, 0.717) is 0 Å². The molecule has 0 unspecified atom stereocenters. The topological polar surface area (TPSA) is 29.5 Å². The number of hydrogen-bond acceptors (Lipinski definition) is 2. The Morgan fingerprint density at radius 1 is 0.857 bits per heavy atom. The quantitative estimate of drug-likeness (QED) is 0.659. The molecule has 0 aliphatic heterocycles. The lowest BCUT2D eigenvalue weighted by molar-refractivity contribution is -0.276. The van der Waals surface area contributed by atoms with Crippen LogP contribution in [0.5, 0.6) is 11.5 Å². The predicted molar refractivity (Wildman–Crippen MR) is 60.1 cm³/mol. The summed E-state index contributed by atoms with van der Waals surface area (Å²) in [6, 6.07) is 6.75. The highest BCUT2D eigenvalue weighted by Gasteiger charge is 2.37. The second kappa shape index (κ2) is 5.19. The Morgan fingerprint density at radius 2 is 1.43 bits per heavy atom. The highest BCUT2D eigenvalue weighted by Crippen LogP contribution is 2.42. The Hall–Kier alpha value is -2.38. The lowest BCUT2D eigenvalue weighted by Crippen LogP contribution is -2.19. The molecule has 0 fully saturated rings. The van der Waals surface area contributed by atoms with Crippen LogP contribution in [0.25, 0.3) is 11.1 Å². The van der Waals surface area contributed by atoms with Gasteiger partial charge in [-0.15, -0.1) is 13.2 Å². The molecule has 112 valence electrons. The summed E-state index contributed by atoms with van der Waals surface area (Å²) < 4.78 is 80.2. The van der Waals surface area contributed by atoms with Crippen LogP contribution in [0.4, 0.5) is 26.3 Å². The monoisotopic (exact) mass is 308 g/mol. The maximum absolute atomic E-state index is 13.8. The van der Waals surface area contributed by atoms with Crippen molar-refractivity contribution in [3.8, 4) is 22.6 Å². The van der Waals surface area contributed by atoms with E-state index in [0.717, 1.165) is 0 Å². The predicted octanol–water partition coefficient (Wildman–Crippen LogP) is 4.38. The maximum Gasteiger partial charge on any atom is 0.573 e. The van der Waals surface area contributed by atoms with Gasteiger partial charge < -0.3 is 9.84 Å². The molecule has 0 aliphatic carbocycles. The molecule has 0 atom stereocenters. The minimum atomic E-state index is -5.44. The summed E-state index contributed by atoms with van der Waals surface area (Å²) in [5.74, 6) is -9.58. The van der Waals surface area contributed by atoms with Crippen LogP contribution < -0.4 is 4.74 Å². The third-order valence-electron chi connectivity index (χ3n) is 2.54. The SMILES string of the molecule is Oc1c(F)c(OC(F)(F)F)c(F)c(F)c1-c1ccccc1. The van der Waals surface area contributed by atoms with Gasteiger partial charge in [0, 0.05) is 0 Å². The lowest BCUT2D eigenvalue weighted by Gasteiger charge is -2.14. The van der Waals surface area contributed by atoms with Crippen molar-refractivity contribution in [2.24, 2.45) is 0 Å². The number of aromatic hydroxyl groups is 1. The van der Waals surface area contributed by atoms with E-state index in [4.69, 9.17) is 0 Å².